The second kappa shape index (κ2) is 6.22. The highest BCUT2D eigenvalue weighted by atomic mass is 16.3. The van der Waals surface area contributed by atoms with Gasteiger partial charge in [0.05, 0.1) is 5.69 Å². The van der Waals surface area contributed by atoms with Crippen LogP contribution in [0.25, 0.3) is 11.3 Å². The number of likely N-dealkylation sites (N-methyl/N-ethyl adjacent to an activating group) is 1. The molecular weight excluding hydrogens is 342 g/mol. The molecule has 0 spiro atoms. The molecule has 6 heteroatoms. The molecule has 27 heavy (non-hydrogen) atoms. The molecule has 1 saturated carbocycles. The van der Waals surface area contributed by atoms with E-state index in [4.69, 9.17) is 5.73 Å². The zero-order valence-electron chi connectivity index (χ0n) is 14.8. The van der Waals surface area contributed by atoms with Gasteiger partial charge in [-0.2, -0.15) is 0 Å². The molecule has 0 unspecified atom stereocenters. The second-order valence-electron chi connectivity index (χ2n) is 7.04. The van der Waals surface area contributed by atoms with Gasteiger partial charge in [-0.25, -0.2) is 4.98 Å². The highest BCUT2D eigenvalue weighted by Crippen LogP contribution is 2.46. The first kappa shape index (κ1) is 17.3. The van der Waals surface area contributed by atoms with Gasteiger partial charge >= 0.3 is 0 Å². The molecule has 1 aromatic heterocycles. The first-order valence-corrected chi connectivity index (χ1v) is 8.80. The number of hydrogen-bond donors (Lipinski definition) is 2. The number of nitrogens with two attached hydrogens (primary N) is 1. The van der Waals surface area contributed by atoms with Crippen molar-refractivity contribution >= 4 is 11.8 Å². The Morgan fingerprint density at radius 2 is 2.07 bits per heavy atom. The highest BCUT2D eigenvalue weighted by molar-refractivity contribution is 5.92. The number of benzene rings is 1. The average Bonchev–Trinajstić information content (AvgIpc) is 2.76. The molecule has 1 saturated heterocycles. The van der Waals surface area contributed by atoms with Crippen LogP contribution < -0.4 is 5.73 Å². The van der Waals surface area contributed by atoms with Gasteiger partial charge in [-0.05, 0) is 37.1 Å². The monoisotopic (exact) mass is 361 g/mol. The minimum atomic E-state index is -1.61. The van der Waals surface area contributed by atoms with Gasteiger partial charge in [-0.3, -0.25) is 9.59 Å². The number of primary amides is 1. The summed E-state index contributed by atoms with van der Waals surface area (Å²) >= 11 is 0. The number of nitrogens with zero attached hydrogens (tertiary/aromatic N) is 2. The van der Waals surface area contributed by atoms with Crippen molar-refractivity contribution in [3.63, 3.8) is 0 Å². The molecule has 1 aromatic carbocycles. The van der Waals surface area contributed by atoms with Gasteiger partial charge in [0.15, 0.2) is 0 Å². The molecule has 6 nitrogen and oxygen atoms in total. The summed E-state index contributed by atoms with van der Waals surface area (Å²) in [5, 5.41) is 10.8. The molecule has 2 amide bonds. The Kier molecular flexibility index (Phi) is 3.97. The van der Waals surface area contributed by atoms with Crippen molar-refractivity contribution < 1.29 is 14.7 Å². The van der Waals surface area contributed by atoms with Crippen LogP contribution in [0.4, 0.5) is 0 Å². The maximum absolute atomic E-state index is 12.4. The molecule has 1 aliphatic heterocycles. The van der Waals surface area contributed by atoms with E-state index in [9.17, 15) is 14.7 Å². The fraction of sp³-hybridized carbons (Fsp3) is 0.286. The Labute approximate surface area is 157 Å². The summed E-state index contributed by atoms with van der Waals surface area (Å²) in [5.74, 6) is 4.72. The van der Waals surface area contributed by atoms with E-state index in [-0.39, 0.29) is 23.6 Å². The molecule has 2 aromatic rings. The number of amides is 2. The summed E-state index contributed by atoms with van der Waals surface area (Å²) in [4.78, 5) is 29.6. The molecule has 3 atom stereocenters. The molecular formula is C21H19N3O3. The number of hydrogen-bond acceptors (Lipinski definition) is 4. The lowest BCUT2D eigenvalue weighted by Crippen LogP contribution is -2.44. The number of rotatable bonds is 2. The number of likely N-dealkylation sites (tertiary alicyclic amines) is 1. The average molecular weight is 361 g/mol. The number of aromatic nitrogens is 1. The zero-order valence-corrected chi connectivity index (χ0v) is 14.8. The van der Waals surface area contributed by atoms with Gasteiger partial charge < -0.3 is 15.7 Å². The summed E-state index contributed by atoms with van der Waals surface area (Å²) in [6.45, 7) is 0. The largest absolute Gasteiger partial charge is 0.369 e. The van der Waals surface area contributed by atoms with E-state index >= 15 is 0 Å². The Hall–Kier alpha value is -3.17. The first-order chi connectivity index (χ1) is 12.9. The number of fused-ring (bicyclic) bond motifs is 1. The normalized spacial score (nSPS) is 26.0. The van der Waals surface area contributed by atoms with Gasteiger partial charge in [-0.15, -0.1) is 0 Å². The van der Waals surface area contributed by atoms with Crippen LogP contribution in [0.2, 0.25) is 0 Å². The molecule has 4 rings (SSSR count). The molecule has 2 heterocycles. The van der Waals surface area contributed by atoms with Crippen molar-refractivity contribution in [2.75, 3.05) is 7.05 Å². The maximum Gasteiger partial charge on any atom is 0.267 e. The zero-order chi connectivity index (χ0) is 19.2. The van der Waals surface area contributed by atoms with Crippen molar-refractivity contribution in [2.45, 2.75) is 24.5 Å². The minimum absolute atomic E-state index is 0.0869. The van der Waals surface area contributed by atoms with Crippen LogP contribution in [0.3, 0.4) is 0 Å². The Balaban J connectivity index is 1.65. The van der Waals surface area contributed by atoms with Gasteiger partial charge in [-0.1, -0.05) is 30.0 Å². The first-order valence-electron chi connectivity index (χ1n) is 8.80. The Bertz CT molecular complexity index is 1010. The summed E-state index contributed by atoms with van der Waals surface area (Å²) in [5.41, 5.74) is 5.90. The van der Waals surface area contributed by atoms with Gasteiger partial charge in [0.2, 0.25) is 5.60 Å². The van der Waals surface area contributed by atoms with Crippen molar-refractivity contribution in [2.24, 2.45) is 11.7 Å². The number of carbonyl (C=O) groups excluding carboxylic acids is 2. The fourth-order valence-corrected chi connectivity index (χ4v) is 3.81. The summed E-state index contributed by atoms with van der Waals surface area (Å²) in [6.07, 6.45) is 1.71. The maximum atomic E-state index is 12.4. The molecule has 0 radical (unpaired) electrons. The van der Waals surface area contributed by atoms with Crippen molar-refractivity contribution in [1.82, 2.24) is 9.88 Å². The lowest BCUT2D eigenvalue weighted by atomic mass is 9.72. The summed E-state index contributed by atoms with van der Waals surface area (Å²) in [6, 6.07) is 12.4. The molecule has 2 aliphatic rings. The van der Waals surface area contributed by atoms with E-state index in [1.54, 1.807) is 36.2 Å². The quantitative estimate of drug-likeness (QED) is 0.785. The number of carbonyl (C=O) groups is 2. The van der Waals surface area contributed by atoms with Crippen LogP contribution in [-0.4, -0.2) is 45.5 Å². The second-order valence-corrected chi connectivity index (χ2v) is 7.04. The highest BCUT2D eigenvalue weighted by Gasteiger charge is 2.60. The standard InChI is InChI=1S/C21H19N3O3/c1-24-18-9-8-15(18)21(27,20(24)26)11-10-13-4-2-5-14(12-13)16-6-3-7-17(23-16)19(22)25/h2-7,12,15,18,27H,8-9H2,1H3,(H2,22,25)/t15-,18+,21-/m1/s1. The van der Waals surface area contributed by atoms with E-state index in [0.717, 1.165) is 18.4 Å². The van der Waals surface area contributed by atoms with Crippen LogP contribution in [0.15, 0.2) is 42.5 Å². The molecule has 3 N–H and O–H groups in total. The number of pyridine rings is 1. The van der Waals surface area contributed by atoms with E-state index in [1.165, 1.54) is 0 Å². The van der Waals surface area contributed by atoms with Gasteiger partial charge in [0.1, 0.15) is 5.69 Å². The van der Waals surface area contributed by atoms with E-state index < -0.39 is 11.5 Å². The lowest BCUT2D eigenvalue weighted by molar-refractivity contribution is -0.138. The third-order valence-corrected chi connectivity index (χ3v) is 5.48. The van der Waals surface area contributed by atoms with Crippen LogP contribution in [0.5, 0.6) is 0 Å². The van der Waals surface area contributed by atoms with Crippen molar-refractivity contribution in [3.8, 4) is 23.1 Å². The lowest BCUT2D eigenvalue weighted by Gasteiger charge is -2.35. The van der Waals surface area contributed by atoms with E-state index in [0.29, 0.717) is 11.3 Å². The molecule has 2 fully saturated rings. The molecule has 0 bridgehead atoms. The van der Waals surface area contributed by atoms with E-state index in [2.05, 4.69) is 16.8 Å². The van der Waals surface area contributed by atoms with E-state index in [1.807, 2.05) is 18.2 Å². The van der Waals surface area contributed by atoms with Crippen LogP contribution >= 0.6 is 0 Å². The van der Waals surface area contributed by atoms with Gasteiger partial charge in [0, 0.05) is 30.1 Å². The third-order valence-electron chi connectivity index (χ3n) is 5.48. The summed E-state index contributed by atoms with van der Waals surface area (Å²) < 4.78 is 0. The molecule has 136 valence electrons. The Morgan fingerprint density at radius 3 is 2.74 bits per heavy atom. The fourth-order valence-electron chi connectivity index (χ4n) is 3.81. The van der Waals surface area contributed by atoms with Crippen LogP contribution in [0, 0.1) is 17.8 Å². The summed E-state index contributed by atoms with van der Waals surface area (Å²) in [7, 11) is 1.72. The van der Waals surface area contributed by atoms with Crippen molar-refractivity contribution in [3.05, 3.63) is 53.7 Å². The van der Waals surface area contributed by atoms with Crippen LogP contribution in [-0.2, 0) is 4.79 Å². The molecule has 1 aliphatic carbocycles. The third kappa shape index (κ3) is 2.77. The number of aliphatic hydroxyl groups is 1. The van der Waals surface area contributed by atoms with Gasteiger partial charge in [0.25, 0.3) is 11.8 Å². The van der Waals surface area contributed by atoms with Crippen molar-refractivity contribution in [1.29, 1.82) is 0 Å². The SMILES string of the molecule is CN1C(=O)[C@@](O)(C#Cc2cccc(-c3cccc(C(N)=O)n3)c2)[C@@H]2CC[C@@H]21. The predicted octanol–water partition coefficient (Wildman–Crippen LogP) is 1.18. The van der Waals surface area contributed by atoms with Crippen LogP contribution in [0.1, 0.15) is 28.9 Å². The topological polar surface area (TPSA) is 96.5 Å². The Morgan fingerprint density at radius 1 is 1.30 bits per heavy atom. The minimum Gasteiger partial charge on any atom is -0.369 e. The smallest absolute Gasteiger partial charge is 0.267 e. The predicted molar refractivity (Wildman–Crippen MR) is 99.3 cm³/mol.